The predicted molar refractivity (Wildman–Crippen MR) is 70.3 cm³/mol. The van der Waals surface area contributed by atoms with Gasteiger partial charge in [-0.1, -0.05) is 6.92 Å². The highest BCUT2D eigenvalue weighted by atomic mass is 16.1. The van der Waals surface area contributed by atoms with Gasteiger partial charge in [-0.15, -0.1) is 0 Å². The summed E-state index contributed by atoms with van der Waals surface area (Å²) in [6.07, 6.45) is 4.60. The molecule has 0 heterocycles. The van der Waals surface area contributed by atoms with E-state index < -0.39 is 0 Å². The number of anilines is 1. The molecule has 0 aromatic heterocycles. The number of benzene rings is 1. The van der Waals surface area contributed by atoms with Crippen LogP contribution in [0.25, 0.3) is 0 Å². The summed E-state index contributed by atoms with van der Waals surface area (Å²) in [5.41, 5.74) is 1.82. The Kier molecular flexibility index (Phi) is 4.02. The summed E-state index contributed by atoms with van der Waals surface area (Å²) < 4.78 is 0. The van der Waals surface area contributed by atoms with E-state index in [4.69, 9.17) is 0 Å². The number of nitrogens with one attached hydrogen (secondary N) is 2. The Morgan fingerprint density at radius 3 is 2.53 bits per heavy atom. The standard InChI is InChI=1S/C14H20N2O/c1-2-10-15-12-8-6-11(7-9-12)14(17)16-13-4-3-5-13/h6-9,13,15H,2-5,10H2,1H3,(H,16,17). The smallest absolute Gasteiger partial charge is 0.251 e. The van der Waals surface area contributed by atoms with Gasteiger partial charge >= 0.3 is 0 Å². The van der Waals surface area contributed by atoms with Crippen LogP contribution in [0.5, 0.6) is 0 Å². The van der Waals surface area contributed by atoms with Gasteiger partial charge in [0.05, 0.1) is 0 Å². The number of rotatable bonds is 5. The lowest BCUT2D eigenvalue weighted by Gasteiger charge is -2.26. The summed E-state index contributed by atoms with van der Waals surface area (Å²) in [5, 5.41) is 6.33. The van der Waals surface area contributed by atoms with Crippen molar-refractivity contribution in [1.29, 1.82) is 0 Å². The van der Waals surface area contributed by atoms with Gasteiger partial charge < -0.3 is 10.6 Å². The van der Waals surface area contributed by atoms with Crippen LogP contribution in [0.4, 0.5) is 5.69 Å². The molecule has 2 N–H and O–H groups in total. The second-order valence-corrected chi connectivity index (χ2v) is 4.61. The topological polar surface area (TPSA) is 41.1 Å². The van der Waals surface area contributed by atoms with E-state index in [1.165, 1.54) is 6.42 Å². The monoisotopic (exact) mass is 232 g/mol. The summed E-state index contributed by atoms with van der Waals surface area (Å²) in [7, 11) is 0. The molecule has 0 bridgehead atoms. The lowest BCUT2D eigenvalue weighted by atomic mass is 9.93. The van der Waals surface area contributed by atoms with Gasteiger partial charge in [-0.25, -0.2) is 0 Å². The molecule has 1 saturated carbocycles. The van der Waals surface area contributed by atoms with Crippen molar-refractivity contribution in [2.24, 2.45) is 0 Å². The molecule has 0 saturated heterocycles. The summed E-state index contributed by atoms with van der Waals surface area (Å²) in [6.45, 7) is 3.10. The van der Waals surface area contributed by atoms with Crippen LogP contribution in [0, 0.1) is 0 Å². The van der Waals surface area contributed by atoms with E-state index in [0.717, 1.165) is 37.1 Å². The van der Waals surface area contributed by atoms with Gasteiger partial charge in [0.2, 0.25) is 0 Å². The maximum Gasteiger partial charge on any atom is 0.251 e. The van der Waals surface area contributed by atoms with Crippen molar-refractivity contribution in [2.75, 3.05) is 11.9 Å². The molecule has 3 nitrogen and oxygen atoms in total. The van der Waals surface area contributed by atoms with Gasteiger partial charge in [-0.05, 0) is 49.9 Å². The van der Waals surface area contributed by atoms with E-state index in [1.807, 2.05) is 24.3 Å². The summed E-state index contributed by atoms with van der Waals surface area (Å²) >= 11 is 0. The van der Waals surface area contributed by atoms with Crippen LogP contribution in [-0.4, -0.2) is 18.5 Å². The first kappa shape index (κ1) is 12.0. The third-order valence-corrected chi connectivity index (χ3v) is 3.17. The van der Waals surface area contributed by atoms with Crippen LogP contribution < -0.4 is 10.6 Å². The maximum absolute atomic E-state index is 11.8. The molecule has 0 unspecified atom stereocenters. The fourth-order valence-corrected chi connectivity index (χ4v) is 1.83. The van der Waals surface area contributed by atoms with E-state index in [1.54, 1.807) is 0 Å². The SMILES string of the molecule is CCCNc1ccc(C(=O)NC2CCC2)cc1. The molecule has 1 aromatic carbocycles. The third kappa shape index (κ3) is 3.22. The van der Waals surface area contributed by atoms with Crippen LogP contribution in [0.3, 0.4) is 0 Å². The molecular formula is C14H20N2O. The Labute approximate surface area is 103 Å². The maximum atomic E-state index is 11.8. The minimum absolute atomic E-state index is 0.0525. The van der Waals surface area contributed by atoms with Gasteiger partial charge in [0.25, 0.3) is 5.91 Å². The number of hydrogen-bond acceptors (Lipinski definition) is 2. The number of carbonyl (C=O) groups is 1. The Morgan fingerprint density at radius 1 is 1.29 bits per heavy atom. The first-order valence-corrected chi connectivity index (χ1v) is 6.44. The van der Waals surface area contributed by atoms with Gasteiger partial charge in [0, 0.05) is 23.8 Å². The zero-order valence-electron chi connectivity index (χ0n) is 10.3. The quantitative estimate of drug-likeness (QED) is 0.819. The van der Waals surface area contributed by atoms with Crippen LogP contribution in [0.15, 0.2) is 24.3 Å². The van der Waals surface area contributed by atoms with Gasteiger partial charge in [-0.3, -0.25) is 4.79 Å². The highest BCUT2D eigenvalue weighted by Crippen LogP contribution is 2.19. The molecule has 1 fully saturated rings. The summed E-state index contributed by atoms with van der Waals surface area (Å²) in [6, 6.07) is 8.09. The molecule has 3 heteroatoms. The Balaban J connectivity index is 1.89. The molecule has 1 aromatic rings. The third-order valence-electron chi connectivity index (χ3n) is 3.17. The Hall–Kier alpha value is -1.51. The lowest BCUT2D eigenvalue weighted by Crippen LogP contribution is -2.39. The average molecular weight is 232 g/mol. The largest absolute Gasteiger partial charge is 0.385 e. The van der Waals surface area contributed by atoms with E-state index in [9.17, 15) is 4.79 Å². The van der Waals surface area contributed by atoms with Crippen molar-refractivity contribution in [1.82, 2.24) is 5.32 Å². The average Bonchev–Trinajstić information content (AvgIpc) is 2.31. The van der Waals surface area contributed by atoms with Crippen molar-refractivity contribution in [3.05, 3.63) is 29.8 Å². The van der Waals surface area contributed by atoms with Crippen LogP contribution in [0.1, 0.15) is 43.0 Å². The summed E-state index contributed by atoms with van der Waals surface area (Å²) in [5.74, 6) is 0.0525. The number of hydrogen-bond donors (Lipinski definition) is 2. The van der Waals surface area contributed by atoms with Crippen molar-refractivity contribution in [3.8, 4) is 0 Å². The second-order valence-electron chi connectivity index (χ2n) is 4.61. The molecule has 1 amide bonds. The molecule has 1 aliphatic carbocycles. The molecule has 0 atom stereocenters. The van der Waals surface area contributed by atoms with Crippen molar-refractivity contribution >= 4 is 11.6 Å². The highest BCUT2D eigenvalue weighted by molar-refractivity contribution is 5.94. The molecule has 0 radical (unpaired) electrons. The van der Waals surface area contributed by atoms with Gasteiger partial charge in [0.15, 0.2) is 0 Å². The zero-order chi connectivity index (χ0) is 12.1. The molecule has 0 aliphatic heterocycles. The van der Waals surface area contributed by atoms with Crippen LogP contribution in [0.2, 0.25) is 0 Å². The number of amides is 1. The number of carbonyl (C=O) groups excluding carboxylic acids is 1. The fraction of sp³-hybridized carbons (Fsp3) is 0.500. The zero-order valence-corrected chi connectivity index (χ0v) is 10.3. The van der Waals surface area contributed by atoms with E-state index in [0.29, 0.717) is 6.04 Å². The summed E-state index contributed by atoms with van der Waals surface area (Å²) in [4.78, 5) is 11.8. The molecule has 92 valence electrons. The van der Waals surface area contributed by atoms with Crippen molar-refractivity contribution in [2.45, 2.75) is 38.6 Å². The second kappa shape index (κ2) is 5.71. The molecule has 0 spiro atoms. The Bertz CT molecular complexity index is 368. The highest BCUT2D eigenvalue weighted by Gasteiger charge is 2.19. The fourth-order valence-electron chi connectivity index (χ4n) is 1.83. The molecule has 1 aliphatic rings. The Morgan fingerprint density at radius 2 is 2.00 bits per heavy atom. The van der Waals surface area contributed by atoms with E-state index in [-0.39, 0.29) is 5.91 Å². The van der Waals surface area contributed by atoms with Crippen LogP contribution in [-0.2, 0) is 0 Å². The normalized spacial score (nSPS) is 15.1. The minimum Gasteiger partial charge on any atom is -0.385 e. The van der Waals surface area contributed by atoms with E-state index >= 15 is 0 Å². The minimum atomic E-state index is 0.0525. The van der Waals surface area contributed by atoms with Gasteiger partial charge in [-0.2, -0.15) is 0 Å². The predicted octanol–water partition coefficient (Wildman–Crippen LogP) is 2.79. The molecule has 2 rings (SSSR count). The van der Waals surface area contributed by atoms with Crippen molar-refractivity contribution in [3.63, 3.8) is 0 Å². The van der Waals surface area contributed by atoms with E-state index in [2.05, 4.69) is 17.6 Å². The lowest BCUT2D eigenvalue weighted by molar-refractivity contribution is 0.0917. The van der Waals surface area contributed by atoms with Crippen molar-refractivity contribution < 1.29 is 4.79 Å². The first-order valence-electron chi connectivity index (χ1n) is 6.44. The first-order chi connectivity index (χ1) is 8.29. The molecular weight excluding hydrogens is 212 g/mol. The molecule has 17 heavy (non-hydrogen) atoms. The van der Waals surface area contributed by atoms with Crippen LogP contribution >= 0.6 is 0 Å². The van der Waals surface area contributed by atoms with Gasteiger partial charge in [0.1, 0.15) is 0 Å².